The van der Waals surface area contributed by atoms with Gasteiger partial charge in [-0.15, -0.1) is 0 Å². The average Bonchev–Trinajstić information content (AvgIpc) is 2.30. The molecule has 0 aliphatic heterocycles. The monoisotopic (exact) mass is 218 g/mol. The highest BCUT2D eigenvalue weighted by atomic mass is 16.1. The van der Waals surface area contributed by atoms with Gasteiger partial charge in [0, 0.05) is 6.42 Å². The van der Waals surface area contributed by atoms with Crippen molar-refractivity contribution < 1.29 is 4.79 Å². The molecule has 0 amide bonds. The highest BCUT2D eigenvalue weighted by Gasteiger charge is 2.44. The van der Waals surface area contributed by atoms with E-state index in [1.54, 1.807) is 0 Å². The summed E-state index contributed by atoms with van der Waals surface area (Å²) in [5, 5.41) is 0. The van der Waals surface area contributed by atoms with E-state index in [0.717, 1.165) is 24.8 Å². The van der Waals surface area contributed by atoms with Crippen LogP contribution in [0.15, 0.2) is 30.3 Å². The van der Waals surface area contributed by atoms with E-state index in [4.69, 9.17) is 11.5 Å². The number of hydrogen-bond acceptors (Lipinski definition) is 3. The third kappa shape index (κ3) is 1.66. The summed E-state index contributed by atoms with van der Waals surface area (Å²) in [6.45, 7) is 0. The van der Waals surface area contributed by atoms with Gasteiger partial charge >= 0.3 is 0 Å². The van der Waals surface area contributed by atoms with Gasteiger partial charge in [-0.3, -0.25) is 4.79 Å². The summed E-state index contributed by atoms with van der Waals surface area (Å²) >= 11 is 0. The largest absolute Gasteiger partial charge is 0.315 e. The summed E-state index contributed by atoms with van der Waals surface area (Å²) in [6, 6.07) is 9.71. The average molecular weight is 218 g/mol. The smallest absolute Gasteiger partial charge is 0.146 e. The molecule has 1 atom stereocenters. The molecule has 1 saturated carbocycles. The van der Waals surface area contributed by atoms with Gasteiger partial charge in [-0.05, 0) is 18.4 Å². The van der Waals surface area contributed by atoms with Crippen LogP contribution in [-0.4, -0.2) is 11.9 Å². The molecular weight excluding hydrogens is 200 g/mol. The maximum Gasteiger partial charge on any atom is 0.146 e. The summed E-state index contributed by atoms with van der Waals surface area (Å²) in [5.74, 6) is 0.194. The fraction of sp³-hybridized carbons (Fsp3) is 0.462. The van der Waals surface area contributed by atoms with Crippen molar-refractivity contribution in [2.75, 3.05) is 0 Å². The van der Waals surface area contributed by atoms with E-state index in [9.17, 15) is 4.79 Å². The second-order valence-corrected chi connectivity index (χ2v) is 4.49. The molecule has 0 bridgehead atoms. The van der Waals surface area contributed by atoms with Crippen molar-refractivity contribution in [3.63, 3.8) is 0 Å². The minimum atomic E-state index is -0.653. The molecule has 3 nitrogen and oxygen atoms in total. The first-order valence-corrected chi connectivity index (χ1v) is 5.78. The molecule has 1 aliphatic rings. The molecule has 4 N–H and O–H groups in total. The number of nitrogens with two attached hydrogens (primary N) is 2. The first kappa shape index (κ1) is 11.3. The predicted octanol–water partition coefficient (Wildman–Crippen LogP) is 1.31. The third-order valence-electron chi connectivity index (χ3n) is 3.58. The minimum Gasteiger partial charge on any atom is -0.315 e. The molecule has 1 fully saturated rings. The first-order chi connectivity index (χ1) is 7.68. The Kier molecular flexibility index (Phi) is 3.08. The zero-order valence-electron chi connectivity index (χ0n) is 9.36. The number of ketones is 1. The van der Waals surface area contributed by atoms with Gasteiger partial charge in [0.25, 0.3) is 0 Å². The van der Waals surface area contributed by atoms with E-state index in [-0.39, 0.29) is 5.78 Å². The van der Waals surface area contributed by atoms with Gasteiger partial charge in [0.15, 0.2) is 0 Å². The zero-order chi connectivity index (χ0) is 11.6. The van der Waals surface area contributed by atoms with Crippen LogP contribution in [0.3, 0.4) is 0 Å². The van der Waals surface area contributed by atoms with Crippen LogP contribution in [0, 0.1) is 0 Å². The number of benzene rings is 1. The molecule has 1 aliphatic carbocycles. The van der Waals surface area contributed by atoms with Crippen LogP contribution in [0.2, 0.25) is 0 Å². The van der Waals surface area contributed by atoms with Crippen LogP contribution < -0.4 is 11.5 Å². The van der Waals surface area contributed by atoms with E-state index >= 15 is 0 Å². The number of carbonyl (C=O) groups is 1. The number of carbonyl (C=O) groups excluding carboxylic acids is 1. The lowest BCUT2D eigenvalue weighted by Gasteiger charge is -2.39. The zero-order valence-corrected chi connectivity index (χ0v) is 9.36. The highest BCUT2D eigenvalue weighted by Crippen LogP contribution is 2.37. The van der Waals surface area contributed by atoms with E-state index in [2.05, 4.69) is 0 Å². The van der Waals surface area contributed by atoms with Crippen LogP contribution in [0.25, 0.3) is 0 Å². The van der Waals surface area contributed by atoms with Gasteiger partial charge in [0.05, 0.1) is 11.6 Å². The Labute approximate surface area is 95.8 Å². The van der Waals surface area contributed by atoms with Crippen LogP contribution in [0.4, 0.5) is 0 Å². The molecular formula is C13H18N2O. The van der Waals surface area contributed by atoms with Crippen molar-refractivity contribution in [2.24, 2.45) is 11.5 Å². The van der Waals surface area contributed by atoms with Gasteiger partial charge in [-0.25, -0.2) is 0 Å². The van der Waals surface area contributed by atoms with Crippen LogP contribution in [0.5, 0.6) is 0 Å². The van der Waals surface area contributed by atoms with Crippen molar-refractivity contribution >= 4 is 5.78 Å². The molecule has 3 heteroatoms. The molecule has 86 valence electrons. The van der Waals surface area contributed by atoms with Gasteiger partial charge in [-0.2, -0.15) is 0 Å². The SMILES string of the molecule is NC(N)C1(c2ccccc2)CCCCC1=O. The lowest BCUT2D eigenvalue weighted by Crippen LogP contribution is -2.57. The molecule has 0 radical (unpaired) electrons. The van der Waals surface area contributed by atoms with Crippen molar-refractivity contribution in [1.82, 2.24) is 0 Å². The normalized spacial score (nSPS) is 26.1. The first-order valence-electron chi connectivity index (χ1n) is 5.78. The van der Waals surface area contributed by atoms with Crippen molar-refractivity contribution in [1.29, 1.82) is 0 Å². The minimum absolute atomic E-state index is 0.194. The van der Waals surface area contributed by atoms with Crippen molar-refractivity contribution in [3.05, 3.63) is 35.9 Å². The van der Waals surface area contributed by atoms with Gasteiger partial charge in [0.1, 0.15) is 5.78 Å². The number of hydrogen-bond donors (Lipinski definition) is 2. The Hall–Kier alpha value is -1.19. The quantitative estimate of drug-likeness (QED) is 0.735. The Bertz CT molecular complexity index is 375. The van der Waals surface area contributed by atoms with Gasteiger partial charge < -0.3 is 11.5 Å². The number of rotatable bonds is 2. The standard InChI is InChI=1S/C13H18N2O/c14-12(15)13(9-5-4-8-11(13)16)10-6-2-1-3-7-10/h1-3,6-7,12H,4-5,8-9,14-15H2. The van der Waals surface area contributed by atoms with Crippen LogP contribution in [-0.2, 0) is 10.2 Å². The predicted molar refractivity (Wildman–Crippen MR) is 63.8 cm³/mol. The van der Waals surface area contributed by atoms with E-state index in [0.29, 0.717) is 6.42 Å². The Balaban J connectivity index is 2.47. The Morgan fingerprint density at radius 2 is 1.81 bits per heavy atom. The molecule has 2 rings (SSSR count). The Morgan fingerprint density at radius 1 is 1.12 bits per heavy atom. The van der Waals surface area contributed by atoms with Crippen LogP contribution in [0.1, 0.15) is 31.2 Å². The molecule has 1 aromatic rings. The summed E-state index contributed by atoms with van der Waals surface area (Å²) < 4.78 is 0. The second kappa shape index (κ2) is 4.36. The lowest BCUT2D eigenvalue weighted by molar-refractivity contribution is -0.127. The molecule has 16 heavy (non-hydrogen) atoms. The second-order valence-electron chi connectivity index (χ2n) is 4.49. The van der Waals surface area contributed by atoms with Crippen LogP contribution >= 0.6 is 0 Å². The molecule has 0 spiro atoms. The van der Waals surface area contributed by atoms with Gasteiger partial charge in [-0.1, -0.05) is 36.8 Å². The number of Topliss-reactive ketones (excluding diaryl/α,β-unsaturated/α-hetero) is 1. The third-order valence-corrected chi connectivity index (χ3v) is 3.58. The fourth-order valence-corrected chi connectivity index (χ4v) is 2.64. The molecule has 0 heterocycles. The summed E-state index contributed by atoms with van der Waals surface area (Å²) in [4.78, 5) is 12.2. The maximum atomic E-state index is 12.2. The molecule has 0 saturated heterocycles. The Morgan fingerprint density at radius 3 is 2.38 bits per heavy atom. The maximum absolute atomic E-state index is 12.2. The summed E-state index contributed by atoms with van der Waals surface area (Å²) in [7, 11) is 0. The van der Waals surface area contributed by atoms with Crippen molar-refractivity contribution in [2.45, 2.75) is 37.3 Å². The topological polar surface area (TPSA) is 69.1 Å². The lowest BCUT2D eigenvalue weighted by atomic mass is 9.66. The molecule has 0 aromatic heterocycles. The summed E-state index contributed by atoms with van der Waals surface area (Å²) in [6.07, 6.45) is 2.74. The van der Waals surface area contributed by atoms with Gasteiger partial charge in [0.2, 0.25) is 0 Å². The van der Waals surface area contributed by atoms with E-state index in [1.807, 2.05) is 30.3 Å². The summed E-state index contributed by atoms with van der Waals surface area (Å²) in [5.41, 5.74) is 12.1. The fourth-order valence-electron chi connectivity index (χ4n) is 2.64. The van der Waals surface area contributed by atoms with Crippen molar-refractivity contribution in [3.8, 4) is 0 Å². The molecule has 1 unspecified atom stereocenters. The molecule has 1 aromatic carbocycles. The highest BCUT2D eigenvalue weighted by molar-refractivity contribution is 5.91. The van der Waals surface area contributed by atoms with E-state index in [1.165, 1.54) is 0 Å². The van der Waals surface area contributed by atoms with E-state index < -0.39 is 11.6 Å².